The highest BCUT2D eigenvalue weighted by Crippen LogP contribution is 2.32. The zero-order valence-corrected chi connectivity index (χ0v) is 15.1. The average molecular weight is 354 g/mol. The topological polar surface area (TPSA) is 67.9 Å². The zero-order valence-electron chi connectivity index (χ0n) is 15.1. The van der Waals surface area contributed by atoms with Gasteiger partial charge in [-0.3, -0.25) is 9.59 Å². The summed E-state index contributed by atoms with van der Waals surface area (Å²) in [5, 5.41) is 2.85. The van der Waals surface area contributed by atoms with Gasteiger partial charge in [0.15, 0.2) is 0 Å². The van der Waals surface area contributed by atoms with E-state index in [9.17, 15) is 9.59 Å². The van der Waals surface area contributed by atoms with Gasteiger partial charge >= 0.3 is 0 Å². The Morgan fingerprint density at radius 3 is 2.04 bits per heavy atom. The van der Waals surface area contributed by atoms with Gasteiger partial charge in [-0.1, -0.05) is 0 Å². The van der Waals surface area contributed by atoms with E-state index in [1.807, 2.05) is 12.1 Å². The maximum Gasteiger partial charge on any atom is 0.255 e. The number of nitrogens with one attached hydrogen (secondary N) is 1. The molecule has 1 fully saturated rings. The van der Waals surface area contributed by atoms with E-state index in [0.717, 1.165) is 18.5 Å². The summed E-state index contributed by atoms with van der Waals surface area (Å²) in [6, 6.07) is 12.6. The first-order valence-corrected chi connectivity index (χ1v) is 8.46. The molecule has 6 nitrogen and oxygen atoms in total. The first-order valence-electron chi connectivity index (χ1n) is 8.46. The van der Waals surface area contributed by atoms with Crippen LogP contribution in [0.15, 0.2) is 42.5 Å². The molecule has 1 aliphatic rings. The number of methoxy groups -OCH3 is 2. The Labute approximate surface area is 152 Å². The molecule has 136 valence electrons. The van der Waals surface area contributed by atoms with Gasteiger partial charge in [0.25, 0.3) is 5.91 Å². The number of amides is 2. The first kappa shape index (κ1) is 17.8. The van der Waals surface area contributed by atoms with Crippen LogP contribution in [0.4, 0.5) is 11.4 Å². The van der Waals surface area contributed by atoms with E-state index in [1.165, 1.54) is 14.2 Å². The molecule has 0 heterocycles. The van der Waals surface area contributed by atoms with E-state index in [0.29, 0.717) is 28.8 Å². The Balaban J connectivity index is 1.74. The van der Waals surface area contributed by atoms with Gasteiger partial charge in [-0.25, -0.2) is 0 Å². The van der Waals surface area contributed by atoms with Crippen LogP contribution >= 0.6 is 0 Å². The summed E-state index contributed by atoms with van der Waals surface area (Å²) < 4.78 is 10.4. The number of hydrogen-bond acceptors (Lipinski definition) is 4. The molecule has 3 rings (SSSR count). The fraction of sp³-hybridized carbons (Fsp3) is 0.300. The van der Waals surface area contributed by atoms with E-state index < -0.39 is 0 Å². The maximum absolute atomic E-state index is 12.5. The first-order chi connectivity index (χ1) is 12.5. The lowest BCUT2D eigenvalue weighted by atomic mass is 10.1. The lowest BCUT2D eigenvalue weighted by Crippen LogP contribution is -2.30. The summed E-state index contributed by atoms with van der Waals surface area (Å²) in [6.07, 6.45) is 2.07. The fourth-order valence-corrected chi connectivity index (χ4v) is 2.83. The number of hydrogen-bond donors (Lipinski definition) is 1. The fourth-order valence-electron chi connectivity index (χ4n) is 2.83. The summed E-state index contributed by atoms with van der Waals surface area (Å²) in [4.78, 5) is 26.1. The van der Waals surface area contributed by atoms with Crippen molar-refractivity contribution in [3.8, 4) is 11.5 Å². The standard InChI is InChI=1S/C20H22N2O4/c1-13(23)22(17-8-9-17)16-6-4-15(5-7-16)21-20(24)14-10-18(25-2)12-19(11-14)26-3/h4-7,10-12,17H,8-9H2,1-3H3,(H,21,24). The van der Waals surface area contributed by atoms with E-state index in [1.54, 1.807) is 42.2 Å². The Morgan fingerprint density at radius 1 is 1.00 bits per heavy atom. The normalized spacial score (nSPS) is 13.0. The van der Waals surface area contributed by atoms with Gasteiger partial charge in [-0.05, 0) is 49.2 Å². The van der Waals surface area contributed by atoms with Crippen molar-refractivity contribution in [3.63, 3.8) is 0 Å². The molecule has 0 atom stereocenters. The largest absolute Gasteiger partial charge is 0.497 e. The number of rotatable bonds is 6. The molecule has 0 radical (unpaired) electrons. The van der Waals surface area contributed by atoms with Gasteiger partial charge in [-0.2, -0.15) is 0 Å². The summed E-state index contributed by atoms with van der Waals surface area (Å²) in [6.45, 7) is 1.57. The summed E-state index contributed by atoms with van der Waals surface area (Å²) in [7, 11) is 3.08. The highest BCUT2D eigenvalue weighted by atomic mass is 16.5. The third-order valence-corrected chi connectivity index (χ3v) is 4.27. The number of ether oxygens (including phenoxy) is 2. The van der Waals surface area contributed by atoms with E-state index in [4.69, 9.17) is 9.47 Å². The van der Waals surface area contributed by atoms with Gasteiger partial charge in [0.05, 0.1) is 14.2 Å². The summed E-state index contributed by atoms with van der Waals surface area (Å²) >= 11 is 0. The predicted molar refractivity (Wildman–Crippen MR) is 100 cm³/mol. The second-order valence-electron chi connectivity index (χ2n) is 6.22. The van der Waals surface area contributed by atoms with Crippen LogP contribution in [-0.4, -0.2) is 32.1 Å². The quantitative estimate of drug-likeness (QED) is 0.862. The minimum absolute atomic E-state index is 0.0350. The van der Waals surface area contributed by atoms with Crippen LogP contribution in [0.25, 0.3) is 0 Å². The van der Waals surface area contributed by atoms with Crippen LogP contribution in [0.5, 0.6) is 11.5 Å². The molecular weight excluding hydrogens is 332 g/mol. The zero-order chi connectivity index (χ0) is 18.7. The highest BCUT2D eigenvalue weighted by molar-refractivity contribution is 6.05. The molecule has 1 aliphatic carbocycles. The monoisotopic (exact) mass is 354 g/mol. The molecule has 2 aromatic carbocycles. The Kier molecular flexibility index (Phi) is 5.11. The molecule has 1 saturated carbocycles. The lowest BCUT2D eigenvalue weighted by molar-refractivity contribution is -0.116. The number of carbonyl (C=O) groups excluding carboxylic acids is 2. The number of benzene rings is 2. The van der Waals surface area contributed by atoms with Gasteiger partial charge in [-0.15, -0.1) is 0 Å². The molecular formula is C20H22N2O4. The number of anilines is 2. The van der Waals surface area contributed by atoms with Gasteiger partial charge in [0, 0.05) is 36.0 Å². The molecule has 1 N–H and O–H groups in total. The van der Waals surface area contributed by atoms with E-state index >= 15 is 0 Å². The smallest absolute Gasteiger partial charge is 0.255 e. The van der Waals surface area contributed by atoms with Crippen molar-refractivity contribution < 1.29 is 19.1 Å². The third kappa shape index (κ3) is 3.96. The van der Waals surface area contributed by atoms with Gasteiger partial charge < -0.3 is 19.7 Å². The number of carbonyl (C=O) groups is 2. The summed E-state index contributed by atoms with van der Waals surface area (Å²) in [5.41, 5.74) is 1.94. The summed E-state index contributed by atoms with van der Waals surface area (Å²) in [5.74, 6) is 0.867. The Bertz CT molecular complexity index is 791. The van der Waals surface area contributed by atoms with Gasteiger partial charge in [0.2, 0.25) is 5.91 Å². The number of nitrogens with zero attached hydrogens (tertiary/aromatic N) is 1. The van der Waals surface area contributed by atoms with Crippen molar-refractivity contribution in [2.24, 2.45) is 0 Å². The molecule has 0 aliphatic heterocycles. The Hall–Kier alpha value is -3.02. The van der Waals surface area contributed by atoms with Crippen molar-refractivity contribution in [2.45, 2.75) is 25.8 Å². The third-order valence-electron chi connectivity index (χ3n) is 4.27. The van der Waals surface area contributed by atoms with Crippen molar-refractivity contribution in [1.82, 2.24) is 0 Å². The minimum Gasteiger partial charge on any atom is -0.497 e. The molecule has 26 heavy (non-hydrogen) atoms. The van der Waals surface area contributed by atoms with Crippen LogP contribution in [0, 0.1) is 0 Å². The van der Waals surface area contributed by atoms with Crippen LogP contribution in [0.1, 0.15) is 30.1 Å². The van der Waals surface area contributed by atoms with Crippen molar-refractivity contribution in [1.29, 1.82) is 0 Å². The Morgan fingerprint density at radius 2 is 1.58 bits per heavy atom. The van der Waals surface area contributed by atoms with Crippen LogP contribution < -0.4 is 19.7 Å². The molecule has 0 aromatic heterocycles. The molecule has 0 bridgehead atoms. The second-order valence-corrected chi connectivity index (χ2v) is 6.22. The predicted octanol–water partition coefficient (Wildman–Crippen LogP) is 3.47. The second kappa shape index (κ2) is 7.47. The van der Waals surface area contributed by atoms with E-state index in [-0.39, 0.29) is 11.8 Å². The maximum atomic E-state index is 12.5. The van der Waals surface area contributed by atoms with Crippen molar-refractivity contribution in [3.05, 3.63) is 48.0 Å². The molecule has 2 amide bonds. The minimum atomic E-state index is -0.263. The van der Waals surface area contributed by atoms with Crippen LogP contribution in [0.3, 0.4) is 0 Å². The van der Waals surface area contributed by atoms with Crippen molar-refractivity contribution >= 4 is 23.2 Å². The average Bonchev–Trinajstić information content (AvgIpc) is 3.47. The molecule has 2 aromatic rings. The lowest BCUT2D eigenvalue weighted by Gasteiger charge is -2.21. The van der Waals surface area contributed by atoms with Gasteiger partial charge in [0.1, 0.15) is 11.5 Å². The van der Waals surface area contributed by atoms with Crippen LogP contribution in [-0.2, 0) is 4.79 Å². The van der Waals surface area contributed by atoms with Crippen molar-refractivity contribution in [2.75, 3.05) is 24.4 Å². The SMILES string of the molecule is COc1cc(OC)cc(C(=O)Nc2ccc(N(C(C)=O)C3CC3)cc2)c1. The van der Waals surface area contributed by atoms with E-state index in [2.05, 4.69) is 5.32 Å². The molecule has 0 unspecified atom stereocenters. The molecule has 6 heteroatoms. The molecule has 0 saturated heterocycles. The highest BCUT2D eigenvalue weighted by Gasteiger charge is 2.31. The van der Waals surface area contributed by atoms with Crippen LogP contribution in [0.2, 0.25) is 0 Å². The molecule has 0 spiro atoms.